The predicted octanol–water partition coefficient (Wildman–Crippen LogP) is 5.45. The van der Waals surface area contributed by atoms with E-state index in [4.69, 9.17) is 0 Å². The molecule has 31 heavy (non-hydrogen) atoms. The number of amides is 2. The number of aromatic nitrogens is 1. The Morgan fingerprint density at radius 1 is 1.10 bits per heavy atom. The minimum absolute atomic E-state index is 0.00385. The number of para-hydroxylation sites is 1. The van der Waals surface area contributed by atoms with Gasteiger partial charge in [0, 0.05) is 46.9 Å². The Bertz CT molecular complexity index is 1030. The first kappa shape index (κ1) is 21.2. The molecule has 3 aromatic rings. The molecule has 4 rings (SSSR count). The van der Waals surface area contributed by atoms with Crippen LogP contribution in [0.25, 0.3) is 22.2 Å². The Hall–Kier alpha value is -3.08. The van der Waals surface area contributed by atoms with Gasteiger partial charge in [-0.15, -0.1) is 0 Å². The van der Waals surface area contributed by atoms with Crippen molar-refractivity contribution in [2.24, 2.45) is 11.8 Å². The van der Waals surface area contributed by atoms with Crippen molar-refractivity contribution in [1.82, 2.24) is 9.88 Å². The Labute approximate surface area is 183 Å². The fraction of sp³-hybridized carbons (Fsp3) is 0.385. The molecule has 5 nitrogen and oxygen atoms in total. The molecule has 2 aromatic carbocycles. The average molecular weight is 418 g/mol. The van der Waals surface area contributed by atoms with Crippen LogP contribution in [0.1, 0.15) is 39.5 Å². The summed E-state index contributed by atoms with van der Waals surface area (Å²) in [6.45, 7) is 5.39. The Morgan fingerprint density at radius 2 is 1.90 bits per heavy atom. The van der Waals surface area contributed by atoms with Crippen molar-refractivity contribution in [1.29, 1.82) is 0 Å². The average Bonchev–Trinajstić information content (AvgIpc) is 3.24. The monoisotopic (exact) mass is 417 g/mol. The van der Waals surface area contributed by atoms with Gasteiger partial charge in [-0.1, -0.05) is 44.2 Å². The molecule has 1 aliphatic rings. The number of H-pyrrole nitrogens is 1. The van der Waals surface area contributed by atoms with E-state index in [1.54, 1.807) is 0 Å². The first-order chi connectivity index (χ1) is 15.1. The fourth-order valence-corrected chi connectivity index (χ4v) is 4.53. The second-order valence-corrected chi connectivity index (χ2v) is 8.48. The third-order valence-corrected chi connectivity index (χ3v) is 6.41. The van der Waals surface area contributed by atoms with Gasteiger partial charge in [0.2, 0.25) is 11.8 Å². The number of nitrogens with one attached hydrogen (secondary N) is 2. The molecule has 0 aliphatic carbocycles. The predicted molar refractivity (Wildman–Crippen MR) is 126 cm³/mol. The van der Waals surface area contributed by atoms with Crippen LogP contribution in [0.15, 0.2) is 54.6 Å². The van der Waals surface area contributed by atoms with Gasteiger partial charge in [0.05, 0.1) is 5.92 Å². The lowest BCUT2D eigenvalue weighted by atomic mass is 9.94. The quantitative estimate of drug-likeness (QED) is 0.560. The molecule has 1 saturated heterocycles. The molecular formula is C26H31N3O2. The van der Waals surface area contributed by atoms with E-state index in [0.29, 0.717) is 6.54 Å². The normalized spacial score (nSPS) is 16.6. The van der Waals surface area contributed by atoms with Gasteiger partial charge in [0.1, 0.15) is 0 Å². The molecule has 2 N–H and O–H groups in total. The van der Waals surface area contributed by atoms with Gasteiger partial charge in [-0.05, 0) is 49.9 Å². The van der Waals surface area contributed by atoms with Gasteiger partial charge in [-0.2, -0.15) is 0 Å². The summed E-state index contributed by atoms with van der Waals surface area (Å²) in [5.41, 5.74) is 3.93. The number of aromatic amines is 1. The van der Waals surface area contributed by atoms with E-state index < -0.39 is 0 Å². The third-order valence-electron chi connectivity index (χ3n) is 6.41. The summed E-state index contributed by atoms with van der Waals surface area (Å²) in [6, 6.07) is 18.2. The van der Waals surface area contributed by atoms with Crippen molar-refractivity contribution >= 4 is 28.4 Å². The lowest BCUT2D eigenvalue weighted by Crippen LogP contribution is -2.45. The van der Waals surface area contributed by atoms with Crippen molar-refractivity contribution < 1.29 is 9.59 Å². The smallest absolute Gasteiger partial charge is 0.229 e. The van der Waals surface area contributed by atoms with Gasteiger partial charge in [-0.3, -0.25) is 9.59 Å². The van der Waals surface area contributed by atoms with Crippen LogP contribution < -0.4 is 5.32 Å². The van der Waals surface area contributed by atoms with E-state index in [9.17, 15) is 9.59 Å². The summed E-state index contributed by atoms with van der Waals surface area (Å²) in [4.78, 5) is 31.1. The summed E-state index contributed by atoms with van der Waals surface area (Å²) >= 11 is 0. The van der Waals surface area contributed by atoms with Gasteiger partial charge in [-0.25, -0.2) is 0 Å². The largest absolute Gasteiger partial charge is 0.355 e. The Morgan fingerprint density at radius 3 is 2.68 bits per heavy atom. The second kappa shape index (κ2) is 9.38. The lowest BCUT2D eigenvalue weighted by Gasteiger charge is -2.34. The Balaban J connectivity index is 1.45. The van der Waals surface area contributed by atoms with E-state index in [0.717, 1.165) is 60.1 Å². The number of anilines is 1. The molecule has 1 atom stereocenters. The maximum atomic E-state index is 13.0. The summed E-state index contributed by atoms with van der Waals surface area (Å²) in [5.74, 6) is 0.0951. The molecule has 1 aromatic heterocycles. The maximum absolute atomic E-state index is 13.0. The molecule has 2 amide bonds. The van der Waals surface area contributed by atoms with Gasteiger partial charge in [0.15, 0.2) is 0 Å². The number of carbonyl (C=O) groups is 2. The van der Waals surface area contributed by atoms with Crippen LogP contribution >= 0.6 is 0 Å². The number of hydrogen-bond donors (Lipinski definition) is 2. The molecule has 1 aliphatic heterocycles. The zero-order valence-corrected chi connectivity index (χ0v) is 18.4. The van der Waals surface area contributed by atoms with Crippen LogP contribution in [0.5, 0.6) is 0 Å². The highest BCUT2D eigenvalue weighted by Gasteiger charge is 2.30. The van der Waals surface area contributed by atoms with Crippen LogP contribution in [-0.2, 0) is 9.59 Å². The fourth-order valence-electron chi connectivity index (χ4n) is 4.53. The highest BCUT2D eigenvalue weighted by molar-refractivity contribution is 5.94. The molecule has 2 heterocycles. The number of benzene rings is 2. The third kappa shape index (κ3) is 4.66. The van der Waals surface area contributed by atoms with Gasteiger partial charge >= 0.3 is 0 Å². The second-order valence-electron chi connectivity index (χ2n) is 8.48. The summed E-state index contributed by atoms with van der Waals surface area (Å²) < 4.78 is 0. The number of rotatable bonds is 6. The molecule has 0 saturated carbocycles. The van der Waals surface area contributed by atoms with Crippen molar-refractivity contribution in [2.45, 2.75) is 39.5 Å². The van der Waals surface area contributed by atoms with Crippen LogP contribution in [0.2, 0.25) is 0 Å². The van der Waals surface area contributed by atoms with Crippen LogP contribution in [-0.4, -0.2) is 34.8 Å². The van der Waals surface area contributed by atoms with E-state index in [1.807, 2.05) is 41.3 Å². The first-order valence-corrected chi connectivity index (χ1v) is 11.4. The molecule has 162 valence electrons. The van der Waals surface area contributed by atoms with E-state index in [2.05, 4.69) is 42.3 Å². The SMILES string of the molecule is CCC(CC)C(=O)N1CCC[C@@H](C(=O)Nc2cccc(-c3cc4ccccc4[nH]3)c2)C1. The van der Waals surface area contributed by atoms with E-state index in [-0.39, 0.29) is 23.7 Å². The minimum atomic E-state index is -0.163. The summed E-state index contributed by atoms with van der Waals surface area (Å²) in [6.07, 6.45) is 3.39. The summed E-state index contributed by atoms with van der Waals surface area (Å²) in [5, 5.41) is 4.24. The number of nitrogens with zero attached hydrogens (tertiary/aromatic N) is 1. The van der Waals surface area contributed by atoms with Crippen LogP contribution in [0.4, 0.5) is 5.69 Å². The van der Waals surface area contributed by atoms with Crippen LogP contribution in [0, 0.1) is 11.8 Å². The zero-order valence-electron chi connectivity index (χ0n) is 18.4. The van der Waals surface area contributed by atoms with Gasteiger partial charge in [0.25, 0.3) is 0 Å². The number of likely N-dealkylation sites (tertiary alicyclic amines) is 1. The molecule has 0 radical (unpaired) electrons. The molecule has 5 heteroatoms. The highest BCUT2D eigenvalue weighted by atomic mass is 16.2. The number of hydrogen-bond acceptors (Lipinski definition) is 2. The van der Waals surface area contributed by atoms with Crippen molar-refractivity contribution in [3.63, 3.8) is 0 Å². The minimum Gasteiger partial charge on any atom is -0.355 e. The van der Waals surface area contributed by atoms with Crippen molar-refractivity contribution in [2.75, 3.05) is 18.4 Å². The number of fused-ring (bicyclic) bond motifs is 1. The van der Waals surface area contributed by atoms with Crippen molar-refractivity contribution in [3.8, 4) is 11.3 Å². The zero-order chi connectivity index (χ0) is 21.8. The highest BCUT2D eigenvalue weighted by Crippen LogP contribution is 2.27. The standard InChI is InChI=1S/C26H31N3O2/c1-3-18(4-2)26(31)29-14-8-11-21(17-29)25(30)27-22-12-7-10-19(15-22)24-16-20-9-5-6-13-23(20)28-24/h5-7,9-10,12-13,15-16,18,21,28H,3-4,8,11,14,17H2,1-2H3,(H,27,30)/t21-/m1/s1. The topological polar surface area (TPSA) is 65.2 Å². The molecule has 1 fully saturated rings. The number of carbonyl (C=O) groups excluding carboxylic acids is 2. The van der Waals surface area contributed by atoms with Crippen molar-refractivity contribution in [3.05, 3.63) is 54.6 Å². The first-order valence-electron chi connectivity index (χ1n) is 11.4. The van der Waals surface area contributed by atoms with Gasteiger partial charge < -0.3 is 15.2 Å². The summed E-state index contributed by atoms with van der Waals surface area (Å²) in [7, 11) is 0. The Kier molecular flexibility index (Phi) is 6.40. The van der Waals surface area contributed by atoms with E-state index >= 15 is 0 Å². The molecule has 0 bridgehead atoms. The lowest BCUT2D eigenvalue weighted by molar-refractivity contribution is -0.138. The molecule has 0 unspecified atom stereocenters. The maximum Gasteiger partial charge on any atom is 0.229 e. The number of piperidine rings is 1. The van der Waals surface area contributed by atoms with E-state index in [1.165, 1.54) is 0 Å². The molecule has 0 spiro atoms. The van der Waals surface area contributed by atoms with Crippen LogP contribution in [0.3, 0.4) is 0 Å². The molecular weight excluding hydrogens is 386 g/mol.